The summed E-state index contributed by atoms with van der Waals surface area (Å²) in [4.78, 5) is 19.8. The Morgan fingerprint density at radius 1 is 0.412 bits per heavy atom. The Bertz CT molecular complexity index is 3840. The molecule has 0 saturated heterocycles. The summed E-state index contributed by atoms with van der Waals surface area (Å²) in [6, 6.07) is 71.0. The van der Waals surface area contributed by atoms with Gasteiger partial charge >= 0.3 is 0 Å². The highest BCUT2D eigenvalue weighted by atomic mass is 15.1. The first-order valence-electron chi connectivity index (χ1n) is 22.5. The number of hydrogen-bond donors (Lipinski definition) is 0. The van der Waals surface area contributed by atoms with Crippen LogP contribution in [0.4, 0.5) is 5.69 Å². The van der Waals surface area contributed by atoms with E-state index < -0.39 is 0 Å². The zero-order valence-electron chi connectivity index (χ0n) is 37.2. The molecule has 9 aromatic carbocycles. The summed E-state index contributed by atoms with van der Waals surface area (Å²) in [5.74, 6) is 1.25. The van der Waals surface area contributed by atoms with Crippen molar-refractivity contribution in [1.82, 2.24) is 24.1 Å². The van der Waals surface area contributed by atoms with Crippen molar-refractivity contribution < 1.29 is 0 Å². The molecule has 0 amide bonds. The number of rotatable bonds is 7. The molecule has 0 atom stereocenters. The van der Waals surface area contributed by atoms with Gasteiger partial charge in [0.25, 0.3) is 0 Å². The standard InChI is InChI=1S/C61H39N7/c1-38-13-11-17-42(31-38)44-24-27-49-47-19-7-9-21-53(47)67(57(49)34-44)55-29-23-40(37-62)33-51(55)60-64-59(41-15-5-4-6-16-41)65-61(66-60)52-36-46(63-3)26-30-56(52)68-54-22-10-8-20-48(54)50-28-25-45(35-58(50)68)43-18-12-14-39(2)32-43/h4-36H,1-2H3. The van der Waals surface area contributed by atoms with E-state index in [1.54, 1.807) is 0 Å². The first-order valence-corrected chi connectivity index (χ1v) is 22.5. The Balaban J connectivity index is 1.14. The predicted octanol–water partition coefficient (Wildman–Crippen LogP) is 15.4. The van der Waals surface area contributed by atoms with Crippen LogP contribution in [0.2, 0.25) is 0 Å². The van der Waals surface area contributed by atoms with Gasteiger partial charge in [-0.15, -0.1) is 0 Å². The van der Waals surface area contributed by atoms with E-state index in [2.05, 4.69) is 167 Å². The van der Waals surface area contributed by atoms with Crippen molar-refractivity contribution >= 4 is 49.3 Å². The quantitative estimate of drug-likeness (QED) is 0.150. The van der Waals surface area contributed by atoms with Crippen molar-refractivity contribution in [1.29, 1.82) is 5.26 Å². The van der Waals surface area contributed by atoms with Crippen LogP contribution >= 0.6 is 0 Å². The molecule has 3 heterocycles. The zero-order valence-corrected chi connectivity index (χ0v) is 37.2. The lowest BCUT2D eigenvalue weighted by Crippen LogP contribution is -2.06. The van der Waals surface area contributed by atoms with E-state index in [0.29, 0.717) is 39.9 Å². The normalized spacial score (nSPS) is 11.4. The average molecular weight is 870 g/mol. The molecule has 7 nitrogen and oxygen atoms in total. The fourth-order valence-corrected chi connectivity index (χ4v) is 9.75. The third-order valence-corrected chi connectivity index (χ3v) is 12.9. The topological polar surface area (TPSA) is 76.7 Å². The molecule has 0 aliphatic rings. The van der Waals surface area contributed by atoms with E-state index in [-0.39, 0.29) is 0 Å². The number of aryl methyl sites for hydroxylation is 2. The number of fused-ring (bicyclic) bond motifs is 6. The van der Waals surface area contributed by atoms with Crippen LogP contribution in [0.1, 0.15) is 16.7 Å². The second-order valence-corrected chi connectivity index (χ2v) is 17.2. The molecular formula is C61H39N7. The third kappa shape index (κ3) is 6.78. The Labute approximate surface area is 393 Å². The van der Waals surface area contributed by atoms with Gasteiger partial charge in [0, 0.05) is 38.2 Å². The lowest BCUT2D eigenvalue weighted by molar-refractivity contribution is 1.06. The second kappa shape index (κ2) is 16.2. The summed E-state index contributed by atoms with van der Waals surface area (Å²) in [7, 11) is 0. The van der Waals surface area contributed by atoms with E-state index in [1.165, 1.54) is 11.1 Å². The number of nitriles is 1. The van der Waals surface area contributed by atoms with Crippen molar-refractivity contribution in [2.45, 2.75) is 13.8 Å². The van der Waals surface area contributed by atoms with Crippen LogP contribution in [0, 0.1) is 31.8 Å². The molecule has 7 heteroatoms. The monoisotopic (exact) mass is 869 g/mol. The minimum atomic E-state index is 0.393. The van der Waals surface area contributed by atoms with E-state index in [4.69, 9.17) is 21.5 Å². The lowest BCUT2D eigenvalue weighted by Gasteiger charge is -2.17. The molecule has 0 spiro atoms. The average Bonchev–Trinajstić information content (AvgIpc) is 3.90. The van der Waals surface area contributed by atoms with Crippen molar-refractivity contribution in [2.24, 2.45) is 0 Å². The maximum Gasteiger partial charge on any atom is 0.188 e. The van der Waals surface area contributed by atoms with Crippen LogP contribution in [0.15, 0.2) is 200 Å². The number of aromatic nitrogens is 5. The smallest absolute Gasteiger partial charge is 0.188 e. The molecule has 0 saturated carbocycles. The highest BCUT2D eigenvalue weighted by molar-refractivity contribution is 6.12. The van der Waals surface area contributed by atoms with E-state index in [9.17, 15) is 5.26 Å². The van der Waals surface area contributed by atoms with Gasteiger partial charge in [-0.05, 0) is 90.7 Å². The van der Waals surface area contributed by atoms with Crippen LogP contribution in [0.25, 0.3) is 116 Å². The van der Waals surface area contributed by atoms with Crippen LogP contribution in [0.3, 0.4) is 0 Å². The number of para-hydroxylation sites is 2. The first kappa shape index (κ1) is 40.1. The molecule has 0 unspecified atom stereocenters. The van der Waals surface area contributed by atoms with Crippen LogP contribution in [-0.4, -0.2) is 24.1 Å². The summed E-state index contributed by atoms with van der Waals surface area (Å²) < 4.78 is 4.53. The van der Waals surface area contributed by atoms with Crippen LogP contribution in [-0.2, 0) is 0 Å². The molecule has 12 rings (SSSR count). The molecule has 0 bridgehead atoms. The minimum Gasteiger partial charge on any atom is -0.309 e. The van der Waals surface area contributed by atoms with Crippen molar-refractivity contribution in [2.75, 3.05) is 0 Å². The van der Waals surface area contributed by atoms with Crippen molar-refractivity contribution in [3.8, 4) is 73.9 Å². The van der Waals surface area contributed by atoms with Crippen molar-refractivity contribution in [3.63, 3.8) is 0 Å². The number of hydrogen-bond acceptors (Lipinski definition) is 4. The maximum atomic E-state index is 10.5. The van der Waals surface area contributed by atoms with Crippen molar-refractivity contribution in [3.05, 3.63) is 228 Å². The first-order chi connectivity index (χ1) is 33.4. The summed E-state index contributed by atoms with van der Waals surface area (Å²) in [6.07, 6.45) is 0. The minimum absolute atomic E-state index is 0.393. The summed E-state index contributed by atoms with van der Waals surface area (Å²) in [6.45, 7) is 12.4. The molecule has 0 N–H and O–H groups in total. The van der Waals surface area contributed by atoms with Gasteiger partial charge in [-0.1, -0.05) is 157 Å². The molecule has 0 radical (unpaired) electrons. The molecule has 0 aliphatic carbocycles. The van der Waals surface area contributed by atoms with E-state index in [1.807, 2.05) is 66.7 Å². The lowest BCUT2D eigenvalue weighted by atomic mass is 10.0. The summed E-state index contributed by atoms with van der Waals surface area (Å²) in [5.41, 5.74) is 15.6. The molecule has 0 fully saturated rings. The molecule has 68 heavy (non-hydrogen) atoms. The number of benzene rings is 9. The zero-order chi connectivity index (χ0) is 45.9. The van der Waals surface area contributed by atoms with Gasteiger partial charge < -0.3 is 9.13 Å². The summed E-state index contributed by atoms with van der Waals surface area (Å²) in [5, 5.41) is 14.9. The van der Waals surface area contributed by atoms with Gasteiger partial charge in [0.1, 0.15) is 0 Å². The van der Waals surface area contributed by atoms with E-state index >= 15 is 0 Å². The Kier molecular flexibility index (Phi) is 9.57. The second-order valence-electron chi connectivity index (χ2n) is 17.2. The molecule has 318 valence electrons. The van der Waals surface area contributed by atoms with Gasteiger partial charge in [-0.25, -0.2) is 19.8 Å². The maximum absolute atomic E-state index is 10.5. The number of nitrogens with zero attached hydrogens (tertiary/aromatic N) is 7. The highest BCUT2D eigenvalue weighted by Gasteiger charge is 2.23. The van der Waals surface area contributed by atoms with Gasteiger partial charge in [0.2, 0.25) is 0 Å². The third-order valence-electron chi connectivity index (χ3n) is 12.9. The fraction of sp³-hybridized carbons (Fsp3) is 0.0328. The van der Waals surface area contributed by atoms with Crippen LogP contribution < -0.4 is 0 Å². The molecule has 12 aromatic rings. The van der Waals surface area contributed by atoms with Gasteiger partial charge in [0.05, 0.1) is 51.6 Å². The Morgan fingerprint density at radius 3 is 1.43 bits per heavy atom. The fourth-order valence-electron chi connectivity index (χ4n) is 9.75. The molecular weight excluding hydrogens is 831 g/mol. The van der Waals surface area contributed by atoms with Gasteiger partial charge in [0.15, 0.2) is 23.2 Å². The highest BCUT2D eigenvalue weighted by Crippen LogP contribution is 2.42. The Morgan fingerprint density at radius 2 is 0.882 bits per heavy atom. The van der Waals surface area contributed by atoms with Gasteiger partial charge in [-0.3, -0.25) is 0 Å². The van der Waals surface area contributed by atoms with Gasteiger partial charge in [-0.2, -0.15) is 5.26 Å². The van der Waals surface area contributed by atoms with E-state index in [0.717, 1.165) is 82.8 Å². The summed E-state index contributed by atoms with van der Waals surface area (Å²) >= 11 is 0. The largest absolute Gasteiger partial charge is 0.309 e. The SMILES string of the molecule is [C-]#[N+]c1ccc(-n2c3ccccc3c3ccc(-c4cccc(C)c4)cc32)c(-c2nc(-c3ccccc3)nc(-c3cc(C#N)ccc3-n3c4ccccc4c4ccc(-c5cccc(C)c5)cc43)n2)c1. The molecule has 3 aromatic heterocycles. The van der Waals surface area contributed by atoms with Crippen LogP contribution in [0.5, 0.6) is 0 Å². The Hall–Kier alpha value is -9.43. The molecule has 0 aliphatic heterocycles. The predicted molar refractivity (Wildman–Crippen MR) is 276 cm³/mol.